The summed E-state index contributed by atoms with van der Waals surface area (Å²) in [6, 6.07) is 0.0566. The third-order valence-corrected chi connectivity index (χ3v) is 4.95. The number of carbonyl (C=O) groups is 1. The minimum absolute atomic E-state index is 0.0566. The minimum atomic E-state index is -0.486. The van der Waals surface area contributed by atoms with E-state index in [0.717, 1.165) is 47.8 Å². The Morgan fingerprint density at radius 3 is 2.62 bits per heavy atom. The van der Waals surface area contributed by atoms with Gasteiger partial charge in [-0.05, 0) is 59.7 Å². The van der Waals surface area contributed by atoms with E-state index in [0.29, 0.717) is 6.54 Å². The van der Waals surface area contributed by atoms with Crippen molar-refractivity contribution in [3.8, 4) is 0 Å². The largest absolute Gasteiger partial charge is 0.444 e. The van der Waals surface area contributed by atoms with Crippen LogP contribution in [-0.2, 0) is 4.74 Å². The van der Waals surface area contributed by atoms with Crippen LogP contribution in [0.15, 0.2) is 52.5 Å². The lowest BCUT2D eigenvalue weighted by Gasteiger charge is -2.42. The molecule has 29 heavy (non-hydrogen) atoms. The molecule has 1 N–H and O–H groups in total. The van der Waals surface area contributed by atoms with Crippen molar-refractivity contribution in [2.75, 3.05) is 19.6 Å². The van der Waals surface area contributed by atoms with Gasteiger partial charge in [-0.25, -0.2) is 9.79 Å². The molecular weight excluding hydrogens is 364 g/mol. The molecule has 1 fully saturated rings. The molecule has 0 bridgehead atoms. The van der Waals surface area contributed by atoms with Crippen LogP contribution in [0.2, 0.25) is 0 Å². The summed E-state index contributed by atoms with van der Waals surface area (Å²) < 4.78 is 5.56. The lowest BCUT2D eigenvalue weighted by molar-refractivity contribution is 0.00495. The van der Waals surface area contributed by atoms with Crippen molar-refractivity contribution in [2.24, 2.45) is 4.99 Å². The molecule has 1 atom stereocenters. The fourth-order valence-corrected chi connectivity index (χ4v) is 3.45. The second-order valence-electron chi connectivity index (χ2n) is 8.68. The molecule has 1 unspecified atom stereocenters. The van der Waals surface area contributed by atoms with Gasteiger partial charge in [0.1, 0.15) is 11.4 Å². The summed E-state index contributed by atoms with van der Waals surface area (Å²) >= 11 is 0. The zero-order valence-electron chi connectivity index (χ0n) is 19.0. The standard InChI is InChI=1S/C23H36N4O2/c1-9-10-11-24-21-20(19(14-25-21)16(2)3)18(5)26-12-13-27(17(4)15-26)22(28)29-23(6,7)8/h10-11,14,17H,2,9,12-13,15H2,1,3-8H3,(H,24,25)/b11-10+,20-18+. The molecule has 2 aliphatic rings. The van der Waals surface area contributed by atoms with Crippen molar-refractivity contribution in [3.63, 3.8) is 0 Å². The summed E-state index contributed by atoms with van der Waals surface area (Å²) in [6.45, 7) is 20.2. The molecule has 6 nitrogen and oxygen atoms in total. The number of aliphatic imine (C=N–C) groups is 1. The Morgan fingerprint density at radius 1 is 1.38 bits per heavy atom. The molecule has 1 saturated heterocycles. The highest BCUT2D eigenvalue weighted by atomic mass is 16.6. The van der Waals surface area contributed by atoms with Gasteiger partial charge < -0.3 is 19.9 Å². The molecular formula is C23H36N4O2. The monoisotopic (exact) mass is 400 g/mol. The number of hydrogen-bond donors (Lipinski definition) is 1. The average Bonchev–Trinajstić information content (AvgIpc) is 3.03. The number of amidine groups is 1. The summed E-state index contributed by atoms with van der Waals surface area (Å²) in [4.78, 5) is 21.2. The van der Waals surface area contributed by atoms with Gasteiger partial charge in [0.15, 0.2) is 0 Å². The molecule has 0 spiro atoms. The van der Waals surface area contributed by atoms with Crippen LogP contribution in [0.25, 0.3) is 0 Å². The zero-order chi connectivity index (χ0) is 21.8. The first-order valence-electron chi connectivity index (χ1n) is 10.4. The maximum atomic E-state index is 12.5. The first kappa shape index (κ1) is 22.8. The quantitative estimate of drug-likeness (QED) is 0.750. The number of hydrogen-bond acceptors (Lipinski definition) is 5. The van der Waals surface area contributed by atoms with E-state index in [1.807, 2.05) is 45.0 Å². The van der Waals surface area contributed by atoms with E-state index >= 15 is 0 Å². The first-order chi connectivity index (χ1) is 13.5. The minimum Gasteiger partial charge on any atom is -0.444 e. The van der Waals surface area contributed by atoms with Gasteiger partial charge in [0.05, 0.1) is 0 Å². The molecule has 2 rings (SSSR count). The predicted molar refractivity (Wildman–Crippen MR) is 120 cm³/mol. The lowest BCUT2D eigenvalue weighted by Crippen LogP contribution is -2.54. The summed E-state index contributed by atoms with van der Waals surface area (Å²) in [5.74, 6) is 0.840. The van der Waals surface area contributed by atoms with Gasteiger partial charge in [-0.15, -0.1) is 0 Å². The van der Waals surface area contributed by atoms with E-state index in [4.69, 9.17) is 4.74 Å². The number of nitrogens with zero attached hydrogens (tertiary/aromatic N) is 3. The maximum Gasteiger partial charge on any atom is 0.410 e. The lowest BCUT2D eigenvalue weighted by atomic mass is 9.98. The summed E-state index contributed by atoms with van der Waals surface area (Å²) in [5, 5.41) is 3.31. The van der Waals surface area contributed by atoms with Gasteiger partial charge in [0, 0.05) is 48.7 Å². The van der Waals surface area contributed by atoms with Crippen LogP contribution in [-0.4, -0.2) is 53.0 Å². The van der Waals surface area contributed by atoms with Crippen LogP contribution in [0.5, 0.6) is 0 Å². The second kappa shape index (κ2) is 9.33. The molecule has 1 amide bonds. The van der Waals surface area contributed by atoms with Crippen molar-refractivity contribution in [3.05, 3.63) is 47.5 Å². The average molecular weight is 401 g/mol. The normalized spacial score (nSPS) is 21.8. The predicted octanol–water partition coefficient (Wildman–Crippen LogP) is 4.59. The van der Waals surface area contributed by atoms with E-state index in [1.165, 1.54) is 0 Å². The first-order valence-corrected chi connectivity index (χ1v) is 10.4. The topological polar surface area (TPSA) is 57.2 Å². The van der Waals surface area contributed by atoms with E-state index in [2.05, 4.69) is 48.6 Å². The third-order valence-electron chi connectivity index (χ3n) is 4.95. The smallest absolute Gasteiger partial charge is 0.410 e. The zero-order valence-corrected chi connectivity index (χ0v) is 19.0. The number of piperazine rings is 1. The van der Waals surface area contributed by atoms with E-state index < -0.39 is 5.60 Å². The number of amides is 1. The number of carbonyl (C=O) groups excluding carboxylic acids is 1. The summed E-state index contributed by atoms with van der Waals surface area (Å²) in [6.07, 6.45) is 6.60. The summed E-state index contributed by atoms with van der Waals surface area (Å²) in [5.41, 5.74) is 3.77. The van der Waals surface area contributed by atoms with Gasteiger partial charge in [0.25, 0.3) is 0 Å². The molecule has 0 radical (unpaired) electrons. The van der Waals surface area contributed by atoms with Gasteiger partial charge in [-0.2, -0.15) is 0 Å². The molecule has 0 saturated carbocycles. The molecule has 0 aromatic carbocycles. The fraction of sp³-hybridized carbons (Fsp3) is 0.565. The second-order valence-corrected chi connectivity index (χ2v) is 8.68. The third kappa shape index (κ3) is 5.75. The SMILES string of the molecule is C=C(C)C1=CN=C(N/C=C/CC)/C1=C(\C)N1CCN(C(=O)OC(C)(C)C)C(C)C1. The van der Waals surface area contributed by atoms with Crippen LogP contribution in [0.1, 0.15) is 54.9 Å². The van der Waals surface area contributed by atoms with Crippen LogP contribution < -0.4 is 5.32 Å². The Morgan fingerprint density at radius 2 is 2.07 bits per heavy atom. The summed E-state index contributed by atoms with van der Waals surface area (Å²) in [7, 11) is 0. The highest BCUT2D eigenvalue weighted by Crippen LogP contribution is 2.29. The van der Waals surface area contributed by atoms with Gasteiger partial charge >= 0.3 is 6.09 Å². The number of allylic oxidation sites excluding steroid dienone is 3. The van der Waals surface area contributed by atoms with Crippen molar-refractivity contribution >= 4 is 11.9 Å². The van der Waals surface area contributed by atoms with E-state index in [1.54, 1.807) is 0 Å². The van der Waals surface area contributed by atoms with Crippen molar-refractivity contribution in [1.29, 1.82) is 0 Å². The molecule has 0 aromatic rings. The number of nitrogens with one attached hydrogen (secondary N) is 1. The Balaban J connectivity index is 2.19. The Hall–Kier alpha value is -2.50. The van der Waals surface area contributed by atoms with Crippen LogP contribution in [0, 0.1) is 0 Å². The van der Waals surface area contributed by atoms with E-state index in [-0.39, 0.29) is 12.1 Å². The number of rotatable bonds is 4. The Kier molecular flexibility index (Phi) is 7.33. The van der Waals surface area contributed by atoms with E-state index in [9.17, 15) is 4.79 Å². The van der Waals surface area contributed by atoms with Gasteiger partial charge in [0.2, 0.25) is 0 Å². The van der Waals surface area contributed by atoms with Gasteiger partial charge in [-0.3, -0.25) is 0 Å². The number of ether oxygens (including phenoxy) is 1. The maximum absolute atomic E-state index is 12.5. The Bertz CT molecular complexity index is 768. The highest BCUT2D eigenvalue weighted by molar-refractivity contribution is 6.07. The Labute approximate surface area is 175 Å². The van der Waals surface area contributed by atoms with Gasteiger partial charge in [-0.1, -0.05) is 19.6 Å². The molecule has 0 aromatic heterocycles. The van der Waals surface area contributed by atoms with Crippen LogP contribution in [0.3, 0.4) is 0 Å². The molecule has 2 aliphatic heterocycles. The van der Waals surface area contributed by atoms with Crippen molar-refractivity contribution in [1.82, 2.24) is 15.1 Å². The van der Waals surface area contributed by atoms with Crippen molar-refractivity contribution < 1.29 is 9.53 Å². The fourth-order valence-electron chi connectivity index (χ4n) is 3.45. The molecule has 6 heteroatoms. The molecule has 2 heterocycles. The molecule has 0 aliphatic carbocycles. The van der Waals surface area contributed by atoms with Crippen molar-refractivity contribution in [2.45, 2.75) is 66.5 Å². The van der Waals surface area contributed by atoms with Crippen LogP contribution in [0.4, 0.5) is 4.79 Å². The van der Waals surface area contributed by atoms with Crippen LogP contribution >= 0.6 is 0 Å². The molecule has 160 valence electrons. The highest BCUT2D eigenvalue weighted by Gasteiger charge is 2.32.